The Hall–Kier alpha value is -4.25. The van der Waals surface area contributed by atoms with Gasteiger partial charge in [0.25, 0.3) is 11.5 Å². The number of nitrogens with zero attached hydrogens (tertiary/aromatic N) is 4. The van der Waals surface area contributed by atoms with E-state index in [-0.39, 0.29) is 29.0 Å². The minimum Gasteiger partial charge on any atom is -0.386 e. The lowest BCUT2D eigenvalue weighted by atomic mass is 9.89. The molecule has 0 saturated heterocycles. The molecule has 4 aromatic rings. The summed E-state index contributed by atoms with van der Waals surface area (Å²) in [5, 5.41) is 13.1. The number of aromatic nitrogens is 4. The summed E-state index contributed by atoms with van der Waals surface area (Å²) in [7, 11) is 3.35. The molecule has 4 aromatic heterocycles. The molecule has 0 aromatic carbocycles. The minimum atomic E-state index is -0.418. The number of hydrogen-bond donors (Lipinski definition) is 3. The number of fused-ring (bicyclic) bond motifs is 1. The van der Waals surface area contributed by atoms with Crippen molar-refractivity contribution in [1.29, 1.82) is 0 Å². The molecule has 1 amide bonds. The summed E-state index contributed by atoms with van der Waals surface area (Å²) in [4.78, 5) is 34.9. The first-order chi connectivity index (χ1) is 17.0. The van der Waals surface area contributed by atoms with Crippen LogP contribution in [0.3, 0.4) is 0 Å². The second kappa shape index (κ2) is 9.18. The van der Waals surface area contributed by atoms with Crippen LogP contribution in [0.25, 0.3) is 16.9 Å². The van der Waals surface area contributed by atoms with Crippen LogP contribution in [0.2, 0.25) is 0 Å². The Labute approximate surface area is 200 Å². The monoisotopic (exact) mass is 475 g/mol. The summed E-state index contributed by atoms with van der Waals surface area (Å²) >= 11 is 0. The van der Waals surface area contributed by atoms with E-state index in [0.717, 1.165) is 18.4 Å². The molecule has 35 heavy (non-hydrogen) atoms. The SMILES string of the molecule is CNc1cc(Nc2cccn(-c3ccc(C)cn3)c2=O)nc2c(C(=O)N[C@@H]3CC[C@H]3OC)onc12. The third kappa shape index (κ3) is 4.21. The molecule has 0 unspecified atom stereocenters. The first kappa shape index (κ1) is 22.5. The predicted molar refractivity (Wildman–Crippen MR) is 130 cm³/mol. The zero-order valence-corrected chi connectivity index (χ0v) is 19.5. The molecule has 0 bridgehead atoms. The van der Waals surface area contributed by atoms with E-state index in [2.05, 4.69) is 31.1 Å². The number of aryl methyl sites for hydroxylation is 1. The number of amides is 1. The number of carbonyl (C=O) groups is 1. The number of pyridine rings is 3. The van der Waals surface area contributed by atoms with Gasteiger partial charge in [-0.15, -0.1) is 0 Å². The fraction of sp³-hybridized carbons (Fsp3) is 0.292. The van der Waals surface area contributed by atoms with Crippen molar-refractivity contribution >= 4 is 34.1 Å². The molecule has 3 N–H and O–H groups in total. The minimum absolute atomic E-state index is 0.00349. The van der Waals surface area contributed by atoms with Gasteiger partial charge in [0.2, 0.25) is 5.76 Å². The topological polar surface area (TPSA) is 136 Å². The molecule has 1 aliphatic rings. The van der Waals surface area contributed by atoms with Crippen molar-refractivity contribution in [1.82, 2.24) is 25.0 Å². The lowest BCUT2D eigenvalue weighted by molar-refractivity contribution is 0.00678. The first-order valence-electron chi connectivity index (χ1n) is 11.2. The van der Waals surface area contributed by atoms with Gasteiger partial charge in [0.05, 0.1) is 17.8 Å². The number of nitrogens with one attached hydrogen (secondary N) is 3. The average molecular weight is 476 g/mol. The van der Waals surface area contributed by atoms with E-state index in [9.17, 15) is 9.59 Å². The van der Waals surface area contributed by atoms with Crippen molar-refractivity contribution in [3.05, 3.63) is 64.4 Å². The highest BCUT2D eigenvalue weighted by atomic mass is 16.5. The number of rotatable bonds is 7. The summed E-state index contributed by atoms with van der Waals surface area (Å²) in [6, 6.07) is 8.67. The maximum Gasteiger partial charge on any atom is 0.292 e. The zero-order valence-electron chi connectivity index (χ0n) is 19.5. The first-order valence-corrected chi connectivity index (χ1v) is 11.2. The van der Waals surface area contributed by atoms with Crippen LogP contribution in [0.15, 0.2) is 52.0 Å². The molecule has 1 saturated carbocycles. The standard InChI is InChI=1S/C24H25N7O4/c1-13-6-9-19(26-12-13)31-10-4-5-15(24(31)33)27-18-11-16(25-2)20-21(29-18)22(35-30-20)23(32)28-14-7-8-17(14)34-3/h4-6,9-12,14,17,25H,7-8H2,1-3H3,(H,27,29)(H,28,32)/t14-,17-/m1/s1. The smallest absolute Gasteiger partial charge is 0.292 e. The van der Waals surface area contributed by atoms with Crippen LogP contribution in [0, 0.1) is 6.92 Å². The van der Waals surface area contributed by atoms with Crippen LogP contribution in [-0.4, -0.2) is 51.9 Å². The van der Waals surface area contributed by atoms with Crippen molar-refractivity contribution in [3.8, 4) is 5.82 Å². The summed E-state index contributed by atoms with van der Waals surface area (Å²) in [5.41, 5.74) is 2.28. The molecule has 5 rings (SSSR count). The normalized spacial score (nSPS) is 17.1. The quantitative estimate of drug-likeness (QED) is 0.368. The summed E-state index contributed by atoms with van der Waals surface area (Å²) in [6.07, 6.45) is 5.05. The lowest BCUT2D eigenvalue weighted by Gasteiger charge is -2.35. The van der Waals surface area contributed by atoms with Crippen LogP contribution in [0.5, 0.6) is 0 Å². The van der Waals surface area contributed by atoms with Crippen LogP contribution in [0.1, 0.15) is 29.0 Å². The molecule has 1 aliphatic carbocycles. The zero-order chi connectivity index (χ0) is 24.5. The Balaban J connectivity index is 1.48. The van der Waals surface area contributed by atoms with Crippen molar-refractivity contribution in [2.24, 2.45) is 0 Å². The predicted octanol–water partition coefficient (Wildman–Crippen LogP) is 2.77. The fourth-order valence-electron chi connectivity index (χ4n) is 3.99. The van der Waals surface area contributed by atoms with Crippen molar-refractivity contribution in [2.75, 3.05) is 24.8 Å². The molecule has 11 nitrogen and oxygen atoms in total. The highest BCUT2D eigenvalue weighted by Crippen LogP contribution is 2.29. The fourth-order valence-corrected chi connectivity index (χ4v) is 3.99. The molecule has 4 heterocycles. The van der Waals surface area contributed by atoms with E-state index in [1.807, 2.05) is 13.0 Å². The van der Waals surface area contributed by atoms with Crippen molar-refractivity contribution in [2.45, 2.75) is 31.9 Å². The Morgan fingerprint density at radius 2 is 2.06 bits per heavy atom. The van der Waals surface area contributed by atoms with Crippen molar-refractivity contribution < 1.29 is 14.1 Å². The van der Waals surface area contributed by atoms with Crippen LogP contribution < -0.4 is 21.5 Å². The molecule has 1 fully saturated rings. The number of methoxy groups -OCH3 is 1. The second-order valence-electron chi connectivity index (χ2n) is 8.36. The molecule has 180 valence electrons. The van der Waals surface area contributed by atoms with E-state index in [0.29, 0.717) is 28.5 Å². The van der Waals surface area contributed by atoms with Crippen LogP contribution in [-0.2, 0) is 4.74 Å². The van der Waals surface area contributed by atoms with Gasteiger partial charge in [-0.2, -0.15) is 0 Å². The van der Waals surface area contributed by atoms with Crippen LogP contribution in [0.4, 0.5) is 17.2 Å². The Morgan fingerprint density at radius 1 is 1.20 bits per heavy atom. The number of ether oxygens (including phenoxy) is 1. The molecule has 0 radical (unpaired) electrons. The molecule has 2 atom stereocenters. The molecule has 0 aliphatic heterocycles. The van der Waals surface area contributed by atoms with Gasteiger partial charge in [-0.3, -0.25) is 14.2 Å². The van der Waals surface area contributed by atoms with E-state index in [1.54, 1.807) is 50.8 Å². The van der Waals surface area contributed by atoms with Gasteiger partial charge >= 0.3 is 0 Å². The number of hydrogen-bond acceptors (Lipinski definition) is 9. The lowest BCUT2D eigenvalue weighted by Crippen LogP contribution is -2.51. The van der Waals surface area contributed by atoms with E-state index in [1.165, 1.54) is 4.57 Å². The van der Waals surface area contributed by atoms with Gasteiger partial charge < -0.3 is 25.2 Å². The summed E-state index contributed by atoms with van der Waals surface area (Å²) < 4.78 is 12.2. The van der Waals surface area contributed by atoms with E-state index in [4.69, 9.17) is 9.26 Å². The third-order valence-electron chi connectivity index (χ3n) is 6.09. The molecule has 0 spiro atoms. The van der Waals surface area contributed by atoms with Gasteiger partial charge in [-0.1, -0.05) is 11.2 Å². The highest BCUT2D eigenvalue weighted by Gasteiger charge is 2.34. The second-order valence-corrected chi connectivity index (χ2v) is 8.36. The number of carbonyl (C=O) groups excluding carboxylic acids is 1. The van der Waals surface area contributed by atoms with Gasteiger partial charge in [0.15, 0.2) is 5.52 Å². The van der Waals surface area contributed by atoms with Gasteiger partial charge in [0, 0.05) is 32.6 Å². The Morgan fingerprint density at radius 3 is 2.74 bits per heavy atom. The summed E-state index contributed by atoms with van der Waals surface area (Å²) in [6.45, 7) is 1.93. The molecular weight excluding hydrogens is 450 g/mol. The maximum absolute atomic E-state index is 13.1. The molecule has 11 heteroatoms. The molecular formula is C24H25N7O4. The number of anilines is 3. The van der Waals surface area contributed by atoms with Gasteiger partial charge in [0.1, 0.15) is 22.8 Å². The van der Waals surface area contributed by atoms with Crippen molar-refractivity contribution in [3.63, 3.8) is 0 Å². The van der Waals surface area contributed by atoms with E-state index < -0.39 is 5.91 Å². The third-order valence-corrected chi connectivity index (χ3v) is 6.09. The van der Waals surface area contributed by atoms with Gasteiger partial charge in [-0.05, 0) is 43.5 Å². The Kier molecular flexibility index (Phi) is 5.91. The average Bonchev–Trinajstić information content (AvgIpc) is 3.27. The van der Waals surface area contributed by atoms with Gasteiger partial charge in [-0.25, -0.2) is 9.97 Å². The largest absolute Gasteiger partial charge is 0.386 e. The Bertz CT molecular complexity index is 1440. The van der Waals surface area contributed by atoms with E-state index >= 15 is 0 Å². The summed E-state index contributed by atoms with van der Waals surface area (Å²) in [5.74, 6) is 0.436. The highest BCUT2D eigenvalue weighted by molar-refractivity contribution is 6.05. The van der Waals surface area contributed by atoms with Crippen LogP contribution >= 0.6 is 0 Å². The maximum atomic E-state index is 13.1.